The Morgan fingerprint density at radius 1 is 1.30 bits per heavy atom. The van der Waals surface area contributed by atoms with Crippen molar-refractivity contribution >= 4 is 11.8 Å². The summed E-state index contributed by atoms with van der Waals surface area (Å²) in [6.07, 6.45) is 1.11. The third kappa shape index (κ3) is 3.74. The van der Waals surface area contributed by atoms with E-state index in [1.807, 2.05) is 30.8 Å². The first-order valence-corrected chi connectivity index (χ1v) is 8.27. The maximum atomic E-state index is 14.1. The van der Waals surface area contributed by atoms with E-state index in [9.17, 15) is 4.39 Å². The molecule has 1 aromatic carbocycles. The molecule has 1 aliphatic rings. The van der Waals surface area contributed by atoms with Crippen LogP contribution in [0.5, 0.6) is 0 Å². The Hall–Kier alpha value is -0.580. The molecule has 0 aromatic heterocycles. The summed E-state index contributed by atoms with van der Waals surface area (Å²) in [6.45, 7) is 8.48. The lowest BCUT2D eigenvalue weighted by Crippen LogP contribution is -2.41. The molecule has 2 nitrogen and oxygen atoms in total. The van der Waals surface area contributed by atoms with E-state index in [4.69, 9.17) is 5.73 Å². The maximum absolute atomic E-state index is 14.1. The van der Waals surface area contributed by atoms with E-state index in [1.54, 1.807) is 6.07 Å². The molecule has 2 unspecified atom stereocenters. The summed E-state index contributed by atoms with van der Waals surface area (Å²) in [6, 6.07) is 6.90. The smallest absolute Gasteiger partial charge is 0.128 e. The van der Waals surface area contributed by atoms with Crippen molar-refractivity contribution < 1.29 is 4.39 Å². The average Bonchev–Trinajstić information content (AvgIpc) is 2.53. The van der Waals surface area contributed by atoms with Gasteiger partial charge in [-0.1, -0.05) is 32.0 Å². The second kappa shape index (κ2) is 6.46. The van der Waals surface area contributed by atoms with Gasteiger partial charge in [0.05, 0.1) is 6.04 Å². The molecule has 0 amide bonds. The first-order chi connectivity index (χ1) is 9.41. The van der Waals surface area contributed by atoms with Crippen molar-refractivity contribution in [3.63, 3.8) is 0 Å². The molecule has 1 saturated heterocycles. The molecule has 2 N–H and O–H groups in total. The van der Waals surface area contributed by atoms with E-state index in [0.29, 0.717) is 4.75 Å². The second-order valence-corrected chi connectivity index (χ2v) is 8.02. The molecule has 1 aromatic rings. The number of nitrogens with two attached hydrogens (primary N) is 1. The average molecular weight is 296 g/mol. The Kier molecular flexibility index (Phi) is 5.10. The number of thioether (sulfide) groups is 1. The van der Waals surface area contributed by atoms with Gasteiger partial charge < -0.3 is 5.73 Å². The molecule has 4 heteroatoms. The molecule has 112 valence electrons. The highest BCUT2D eigenvalue weighted by atomic mass is 32.2. The number of rotatable bonds is 3. The van der Waals surface area contributed by atoms with E-state index in [-0.39, 0.29) is 17.9 Å². The molecule has 0 radical (unpaired) electrons. The van der Waals surface area contributed by atoms with Crippen LogP contribution in [-0.2, 0) is 0 Å². The van der Waals surface area contributed by atoms with Gasteiger partial charge in [0.15, 0.2) is 0 Å². The minimum atomic E-state index is -0.147. The highest BCUT2D eigenvalue weighted by molar-refractivity contribution is 8.00. The van der Waals surface area contributed by atoms with Crippen LogP contribution in [0.2, 0.25) is 0 Å². The molecule has 0 saturated carbocycles. The minimum Gasteiger partial charge on any atom is -0.326 e. The second-order valence-electron chi connectivity index (χ2n) is 6.22. The van der Waals surface area contributed by atoms with Gasteiger partial charge in [-0.15, -0.1) is 0 Å². The summed E-state index contributed by atoms with van der Waals surface area (Å²) in [5.41, 5.74) is 6.90. The SMILES string of the molecule is CC(N)C(c1ccccc1F)N1CCSC(C)(C)CC1. The largest absolute Gasteiger partial charge is 0.326 e. The van der Waals surface area contributed by atoms with Crippen molar-refractivity contribution in [2.24, 2.45) is 5.73 Å². The van der Waals surface area contributed by atoms with Gasteiger partial charge in [-0.2, -0.15) is 11.8 Å². The standard InChI is InChI=1S/C16H25FN2S/c1-12(18)15(13-6-4-5-7-14(13)17)19-9-8-16(2,3)20-11-10-19/h4-7,12,15H,8-11,18H2,1-3H3. The normalized spacial score (nSPS) is 23.1. The van der Waals surface area contributed by atoms with Gasteiger partial charge in [0.2, 0.25) is 0 Å². The van der Waals surface area contributed by atoms with E-state index < -0.39 is 0 Å². The van der Waals surface area contributed by atoms with Crippen LogP contribution >= 0.6 is 11.8 Å². The third-order valence-electron chi connectivity index (χ3n) is 3.99. The topological polar surface area (TPSA) is 29.3 Å². The van der Waals surface area contributed by atoms with Gasteiger partial charge >= 0.3 is 0 Å². The highest BCUT2D eigenvalue weighted by Crippen LogP contribution is 2.34. The van der Waals surface area contributed by atoms with Crippen LogP contribution in [0.25, 0.3) is 0 Å². The van der Waals surface area contributed by atoms with Crippen LogP contribution in [0, 0.1) is 5.82 Å². The number of halogens is 1. The molecule has 1 aliphatic heterocycles. The van der Waals surface area contributed by atoms with Gasteiger partial charge in [0.25, 0.3) is 0 Å². The quantitative estimate of drug-likeness (QED) is 0.926. The lowest BCUT2D eigenvalue weighted by molar-refractivity contribution is 0.180. The van der Waals surface area contributed by atoms with E-state index >= 15 is 0 Å². The van der Waals surface area contributed by atoms with Crippen molar-refractivity contribution in [1.29, 1.82) is 0 Å². The fourth-order valence-electron chi connectivity index (χ4n) is 2.84. The molecule has 0 spiro atoms. The zero-order valence-electron chi connectivity index (χ0n) is 12.6. The summed E-state index contributed by atoms with van der Waals surface area (Å²) < 4.78 is 14.4. The van der Waals surface area contributed by atoms with Gasteiger partial charge in [-0.25, -0.2) is 4.39 Å². The maximum Gasteiger partial charge on any atom is 0.128 e. The first-order valence-electron chi connectivity index (χ1n) is 7.29. The van der Waals surface area contributed by atoms with E-state index in [1.165, 1.54) is 6.07 Å². The number of hydrogen-bond donors (Lipinski definition) is 1. The molecule has 0 aliphatic carbocycles. The highest BCUT2D eigenvalue weighted by Gasteiger charge is 2.31. The summed E-state index contributed by atoms with van der Waals surface area (Å²) in [7, 11) is 0. The summed E-state index contributed by atoms with van der Waals surface area (Å²) >= 11 is 2.00. The van der Waals surface area contributed by atoms with Gasteiger partial charge in [-0.3, -0.25) is 4.90 Å². The van der Waals surface area contributed by atoms with Crippen molar-refractivity contribution in [2.75, 3.05) is 18.8 Å². The van der Waals surface area contributed by atoms with Crippen LogP contribution in [0.4, 0.5) is 4.39 Å². The molecular formula is C16H25FN2S. The number of nitrogens with zero attached hydrogens (tertiary/aromatic N) is 1. The zero-order valence-corrected chi connectivity index (χ0v) is 13.4. The van der Waals surface area contributed by atoms with E-state index in [0.717, 1.165) is 30.8 Å². The molecule has 0 bridgehead atoms. The van der Waals surface area contributed by atoms with Crippen LogP contribution in [-0.4, -0.2) is 34.5 Å². The lowest BCUT2D eigenvalue weighted by atomic mass is 9.97. The minimum absolute atomic E-state index is 0.0364. The van der Waals surface area contributed by atoms with Crippen LogP contribution in [0.15, 0.2) is 24.3 Å². The molecular weight excluding hydrogens is 271 g/mol. The van der Waals surface area contributed by atoms with Crippen molar-refractivity contribution in [2.45, 2.75) is 44.0 Å². The monoisotopic (exact) mass is 296 g/mol. The van der Waals surface area contributed by atoms with Crippen LogP contribution in [0.3, 0.4) is 0 Å². The Balaban J connectivity index is 2.23. The molecule has 2 atom stereocenters. The molecule has 1 fully saturated rings. The Labute approximate surface area is 125 Å². The number of hydrogen-bond acceptors (Lipinski definition) is 3. The van der Waals surface area contributed by atoms with Crippen molar-refractivity contribution in [3.05, 3.63) is 35.6 Å². The molecule has 20 heavy (non-hydrogen) atoms. The van der Waals surface area contributed by atoms with Gasteiger partial charge in [-0.05, 0) is 19.4 Å². The van der Waals surface area contributed by atoms with Crippen LogP contribution < -0.4 is 5.73 Å². The lowest BCUT2D eigenvalue weighted by Gasteiger charge is -2.34. The fourth-order valence-corrected chi connectivity index (χ4v) is 3.96. The van der Waals surface area contributed by atoms with Gasteiger partial charge in [0.1, 0.15) is 5.82 Å². The predicted octanol–water partition coefficient (Wildman–Crippen LogP) is 3.43. The first kappa shape index (κ1) is 15.8. The Morgan fingerprint density at radius 2 is 2.00 bits per heavy atom. The van der Waals surface area contributed by atoms with Crippen LogP contribution in [0.1, 0.15) is 38.8 Å². The zero-order chi connectivity index (χ0) is 14.8. The number of benzene rings is 1. The summed E-state index contributed by atoms with van der Waals surface area (Å²) in [4.78, 5) is 2.35. The summed E-state index contributed by atoms with van der Waals surface area (Å²) in [5, 5.41) is 0. The van der Waals surface area contributed by atoms with Gasteiger partial charge in [0, 0.05) is 35.2 Å². The fraction of sp³-hybridized carbons (Fsp3) is 0.625. The van der Waals surface area contributed by atoms with E-state index in [2.05, 4.69) is 18.7 Å². The van der Waals surface area contributed by atoms with Crippen molar-refractivity contribution in [3.8, 4) is 0 Å². The Bertz CT molecular complexity index is 448. The molecule has 2 rings (SSSR count). The third-order valence-corrected chi connectivity index (χ3v) is 5.36. The summed E-state index contributed by atoms with van der Waals surface area (Å²) in [5.74, 6) is 0.927. The Morgan fingerprint density at radius 3 is 2.65 bits per heavy atom. The molecule has 1 heterocycles. The van der Waals surface area contributed by atoms with Crippen molar-refractivity contribution in [1.82, 2.24) is 4.90 Å². The predicted molar refractivity (Wildman–Crippen MR) is 85.5 cm³/mol.